The summed E-state index contributed by atoms with van der Waals surface area (Å²) >= 11 is 5.76. The fraction of sp³-hybridized carbons (Fsp3) is 0.556. The van der Waals surface area contributed by atoms with E-state index in [1.54, 1.807) is 0 Å². The molecule has 2 aromatic carbocycles. The molecule has 0 saturated heterocycles. The van der Waals surface area contributed by atoms with Crippen molar-refractivity contribution < 1.29 is 9.47 Å². The van der Waals surface area contributed by atoms with Gasteiger partial charge in [-0.2, -0.15) is 23.5 Å². The molecule has 0 aliphatic carbocycles. The van der Waals surface area contributed by atoms with E-state index in [-0.39, 0.29) is 10.8 Å². The molecule has 0 saturated carbocycles. The minimum atomic E-state index is -0.0352. The van der Waals surface area contributed by atoms with Crippen LogP contribution in [0.5, 0.6) is 11.5 Å². The highest BCUT2D eigenvalue weighted by molar-refractivity contribution is 7.99. The summed E-state index contributed by atoms with van der Waals surface area (Å²) in [5, 5.41) is 0. The number of rotatable bonds is 16. The van der Waals surface area contributed by atoms with E-state index in [2.05, 4.69) is 106 Å². The van der Waals surface area contributed by atoms with Crippen LogP contribution in [0.1, 0.15) is 103 Å². The van der Waals surface area contributed by atoms with Crippen LogP contribution in [-0.4, -0.2) is 23.0 Å². The number of hydrogen-bond donors (Lipinski definition) is 0. The van der Waals surface area contributed by atoms with Gasteiger partial charge in [-0.3, -0.25) is 0 Å². The van der Waals surface area contributed by atoms with Crippen LogP contribution in [0.2, 0.25) is 0 Å². The molecule has 0 aliphatic rings. The van der Waals surface area contributed by atoms with Crippen molar-refractivity contribution in [2.45, 2.75) is 116 Å². The second kappa shape index (κ2) is 17.6. The van der Waals surface area contributed by atoms with Gasteiger partial charge in [0.15, 0.2) is 0 Å². The molecular formula is C36H54O2S3. The molecule has 0 atom stereocenters. The fourth-order valence-electron chi connectivity index (χ4n) is 4.15. The predicted octanol–water partition coefficient (Wildman–Crippen LogP) is 11.9. The Bertz CT molecular complexity index is 1050. The molecule has 0 N–H and O–H groups in total. The summed E-state index contributed by atoms with van der Waals surface area (Å²) in [7, 11) is 0. The number of unbranched alkanes of at least 4 members (excludes halogenated alkanes) is 2. The first kappa shape index (κ1) is 35.8. The third-order valence-corrected chi connectivity index (χ3v) is 10.0. The number of benzene rings is 2. The zero-order valence-corrected chi connectivity index (χ0v) is 29.8. The summed E-state index contributed by atoms with van der Waals surface area (Å²) in [6.07, 6.45) is 13.0. The van der Waals surface area contributed by atoms with Crippen LogP contribution in [0.25, 0.3) is 0 Å². The Morgan fingerprint density at radius 2 is 1.02 bits per heavy atom. The third-order valence-electron chi connectivity index (χ3n) is 6.69. The fourth-order valence-corrected chi connectivity index (χ4v) is 6.92. The molecule has 0 radical (unpaired) electrons. The Labute approximate surface area is 264 Å². The van der Waals surface area contributed by atoms with E-state index in [4.69, 9.17) is 9.47 Å². The zero-order chi connectivity index (χ0) is 30.5. The molecule has 228 valence electrons. The monoisotopic (exact) mass is 614 g/mol. The third kappa shape index (κ3) is 12.4. The van der Waals surface area contributed by atoms with Gasteiger partial charge in [0, 0.05) is 32.4 Å². The maximum absolute atomic E-state index is 6.21. The smallest absolute Gasteiger partial charge is 0.130 e. The van der Waals surface area contributed by atoms with Crippen LogP contribution < -0.4 is 9.47 Å². The van der Waals surface area contributed by atoms with Gasteiger partial charge >= 0.3 is 0 Å². The van der Waals surface area contributed by atoms with Crippen molar-refractivity contribution in [2.24, 2.45) is 0 Å². The van der Waals surface area contributed by atoms with Gasteiger partial charge in [-0.25, -0.2) is 0 Å². The van der Waals surface area contributed by atoms with Gasteiger partial charge in [-0.1, -0.05) is 80.0 Å². The number of ether oxygens (including phenoxy) is 2. The minimum absolute atomic E-state index is 0.0352. The standard InChI is InChI=1S/C36H54O2S3/c1-11-13-19-39-21-15-17-37-31-23-27(3)33(25-29(31)35(5,6)7)41-34-26-30(36(8,9)10)32(24-28(34)4)38-18-16-22-40-20-14-12-2/h15-18,23-26H,11-14,19-22H2,1-10H3. The number of aryl methyl sites for hydroxylation is 2. The molecular weight excluding hydrogens is 561 g/mol. The summed E-state index contributed by atoms with van der Waals surface area (Å²) in [5.74, 6) is 6.28. The molecule has 2 nitrogen and oxygen atoms in total. The lowest BCUT2D eigenvalue weighted by molar-refractivity contribution is 0.452. The first-order valence-electron chi connectivity index (χ1n) is 15.1. The van der Waals surface area contributed by atoms with Crippen LogP contribution >= 0.6 is 35.3 Å². The molecule has 5 heteroatoms. The zero-order valence-electron chi connectivity index (χ0n) is 27.3. The van der Waals surface area contributed by atoms with Crippen molar-refractivity contribution >= 4 is 35.3 Å². The van der Waals surface area contributed by atoms with Gasteiger partial charge in [-0.05, 0) is 96.6 Å². The molecule has 0 bridgehead atoms. The van der Waals surface area contributed by atoms with Crippen LogP contribution in [0.15, 0.2) is 58.7 Å². The van der Waals surface area contributed by atoms with Gasteiger partial charge in [0.25, 0.3) is 0 Å². The molecule has 0 aliphatic heterocycles. The van der Waals surface area contributed by atoms with E-state index >= 15 is 0 Å². The minimum Gasteiger partial charge on any atom is -0.465 e. The van der Waals surface area contributed by atoms with Gasteiger partial charge in [0.1, 0.15) is 11.5 Å². The molecule has 2 rings (SSSR count). The molecule has 41 heavy (non-hydrogen) atoms. The van der Waals surface area contributed by atoms with Crippen LogP contribution in [-0.2, 0) is 10.8 Å². The van der Waals surface area contributed by atoms with Crippen molar-refractivity contribution in [3.8, 4) is 11.5 Å². The molecule has 0 heterocycles. The van der Waals surface area contributed by atoms with Crippen molar-refractivity contribution in [1.82, 2.24) is 0 Å². The van der Waals surface area contributed by atoms with Crippen molar-refractivity contribution in [3.05, 3.63) is 71.2 Å². The van der Waals surface area contributed by atoms with E-state index in [0.29, 0.717) is 0 Å². The summed E-state index contributed by atoms with van der Waals surface area (Å²) in [4.78, 5) is 2.53. The van der Waals surface area contributed by atoms with Gasteiger partial charge in [0.05, 0.1) is 12.5 Å². The average molecular weight is 615 g/mol. The highest BCUT2D eigenvalue weighted by Gasteiger charge is 2.24. The molecule has 2 aromatic rings. The Hall–Kier alpha value is -1.43. The van der Waals surface area contributed by atoms with Crippen molar-refractivity contribution in [3.63, 3.8) is 0 Å². The first-order chi connectivity index (χ1) is 19.4. The second-order valence-corrected chi connectivity index (χ2v) is 16.0. The predicted molar refractivity (Wildman–Crippen MR) is 188 cm³/mol. The molecule has 0 aromatic heterocycles. The molecule has 0 fully saturated rings. The molecule has 0 spiro atoms. The van der Waals surface area contributed by atoms with Crippen LogP contribution in [0.3, 0.4) is 0 Å². The highest BCUT2D eigenvalue weighted by Crippen LogP contribution is 2.43. The normalized spacial score (nSPS) is 12.5. The largest absolute Gasteiger partial charge is 0.465 e. The highest BCUT2D eigenvalue weighted by atomic mass is 32.2. The quantitative estimate of drug-likeness (QED) is 0.138. The molecule has 0 amide bonds. The maximum atomic E-state index is 6.21. The summed E-state index contributed by atoms with van der Waals surface area (Å²) < 4.78 is 12.4. The number of hydrogen-bond acceptors (Lipinski definition) is 5. The Morgan fingerprint density at radius 3 is 1.37 bits per heavy atom. The van der Waals surface area contributed by atoms with Crippen molar-refractivity contribution in [1.29, 1.82) is 0 Å². The Balaban J connectivity index is 2.28. The topological polar surface area (TPSA) is 18.5 Å². The second-order valence-electron chi connectivity index (χ2n) is 12.7. The van der Waals surface area contributed by atoms with E-state index < -0.39 is 0 Å². The van der Waals surface area contributed by atoms with Gasteiger partial charge < -0.3 is 9.47 Å². The van der Waals surface area contributed by atoms with E-state index in [1.165, 1.54) is 69.2 Å². The van der Waals surface area contributed by atoms with E-state index in [1.807, 2.05) is 47.8 Å². The summed E-state index contributed by atoms with van der Waals surface area (Å²) in [6.45, 7) is 22.4. The maximum Gasteiger partial charge on any atom is 0.130 e. The number of thioether (sulfide) groups is 2. The van der Waals surface area contributed by atoms with E-state index in [9.17, 15) is 0 Å². The summed E-state index contributed by atoms with van der Waals surface area (Å²) in [6, 6.07) is 9.08. The lowest BCUT2D eigenvalue weighted by Crippen LogP contribution is -2.14. The lowest BCUT2D eigenvalue weighted by atomic mass is 9.86. The molecule has 0 unspecified atom stereocenters. The Kier molecular flexibility index (Phi) is 15.4. The van der Waals surface area contributed by atoms with Gasteiger partial charge in [0.2, 0.25) is 0 Å². The SMILES string of the molecule is CCCCSCC=COc1cc(C)c(Sc2cc(C(C)(C)C)c(OC=CCSCCCC)cc2C)cc1C(C)(C)C. The van der Waals surface area contributed by atoms with Crippen LogP contribution in [0, 0.1) is 13.8 Å². The summed E-state index contributed by atoms with van der Waals surface area (Å²) in [5.41, 5.74) is 4.83. The van der Waals surface area contributed by atoms with Crippen molar-refractivity contribution in [2.75, 3.05) is 23.0 Å². The lowest BCUT2D eigenvalue weighted by Gasteiger charge is -2.25. The van der Waals surface area contributed by atoms with Crippen LogP contribution in [0.4, 0.5) is 0 Å². The van der Waals surface area contributed by atoms with E-state index in [0.717, 1.165) is 23.0 Å². The van der Waals surface area contributed by atoms with Gasteiger partial charge in [-0.15, -0.1) is 0 Å². The first-order valence-corrected chi connectivity index (χ1v) is 18.3. The average Bonchev–Trinajstić information content (AvgIpc) is 2.88. The Morgan fingerprint density at radius 1 is 0.634 bits per heavy atom.